The van der Waals surface area contributed by atoms with Crippen LogP contribution < -0.4 is 5.32 Å². The average molecular weight is 282 g/mol. The Morgan fingerprint density at radius 2 is 1.85 bits per heavy atom. The van der Waals surface area contributed by atoms with Gasteiger partial charge in [0, 0.05) is 25.0 Å². The molecule has 1 fully saturated rings. The van der Waals surface area contributed by atoms with Crippen molar-refractivity contribution in [3.63, 3.8) is 0 Å². The highest BCUT2D eigenvalue weighted by Gasteiger charge is 2.32. The van der Waals surface area contributed by atoms with Crippen molar-refractivity contribution >= 4 is 5.91 Å². The van der Waals surface area contributed by atoms with E-state index < -0.39 is 0 Å². The Labute approximate surface area is 125 Å². The standard InChI is InChI=1S/C17H34N2O/c1-5-9-15(10-6-2)17(20)19-12-11-16(18-8-4)14(7-3)13-19/h14-16,18H,5-13H2,1-4H3. The lowest BCUT2D eigenvalue weighted by Crippen LogP contribution is -2.52. The number of nitrogens with zero attached hydrogens (tertiary/aromatic N) is 1. The number of hydrogen-bond donors (Lipinski definition) is 1. The molecule has 2 unspecified atom stereocenters. The first-order valence-corrected chi connectivity index (χ1v) is 8.69. The van der Waals surface area contributed by atoms with E-state index in [1.165, 1.54) is 0 Å². The molecule has 0 aromatic rings. The number of piperidine rings is 1. The molecule has 3 nitrogen and oxygen atoms in total. The van der Waals surface area contributed by atoms with Crippen LogP contribution in [0.1, 0.15) is 66.2 Å². The van der Waals surface area contributed by atoms with Crippen LogP contribution in [-0.2, 0) is 4.79 Å². The van der Waals surface area contributed by atoms with Crippen molar-refractivity contribution in [2.45, 2.75) is 72.3 Å². The first-order chi connectivity index (χ1) is 9.67. The molecular weight excluding hydrogens is 248 g/mol. The lowest BCUT2D eigenvalue weighted by atomic mass is 9.88. The monoisotopic (exact) mass is 282 g/mol. The lowest BCUT2D eigenvalue weighted by Gasteiger charge is -2.40. The van der Waals surface area contributed by atoms with E-state index in [4.69, 9.17) is 0 Å². The van der Waals surface area contributed by atoms with Crippen LogP contribution in [0.15, 0.2) is 0 Å². The van der Waals surface area contributed by atoms with Crippen LogP contribution in [0, 0.1) is 11.8 Å². The second kappa shape index (κ2) is 9.38. The molecule has 3 heteroatoms. The summed E-state index contributed by atoms with van der Waals surface area (Å²) >= 11 is 0. The van der Waals surface area contributed by atoms with Crippen molar-refractivity contribution in [1.82, 2.24) is 10.2 Å². The molecule has 0 saturated carbocycles. The summed E-state index contributed by atoms with van der Waals surface area (Å²) in [6.45, 7) is 11.7. The van der Waals surface area contributed by atoms with Gasteiger partial charge < -0.3 is 10.2 Å². The van der Waals surface area contributed by atoms with Crippen molar-refractivity contribution in [3.05, 3.63) is 0 Å². The predicted octanol–water partition coefficient (Wildman–Crippen LogP) is 3.44. The van der Waals surface area contributed by atoms with Crippen molar-refractivity contribution in [3.8, 4) is 0 Å². The molecule has 0 aliphatic carbocycles. The molecule has 2 atom stereocenters. The molecule has 0 spiro atoms. The van der Waals surface area contributed by atoms with Crippen LogP contribution in [-0.4, -0.2) is 36.5 Å². The summed E-state index contributed by atoms with van der Waals surface area (Å²) in [4.78, 5) is 14.9. The quantitative estimate of drug-likeness (QED) is 0.739. The van der Waals surface area contributed by atoms with E-state index >= 15 is 0 Å². The third kappa shape index (κ3) is 4.76. The highest BCUT2D eigenvalue weighted by Crippen LogP contribution is 2.24. The molecular formula is C17H34N2O. The zero-order valence-corrected chi connectivity index (χ0v) is 14.0. The number of amides is 1. The van der Waals surface area contributed by atoms with E-state index in [0.29, 0.717) is 17.9 Å². The van der Waals surface area contributed by atoms with Crippen molar-refractivity contribution in [2.75, 3.05) is 19.6 Å². The number of nitrogens with one attached hydrogen (secondary N) is 1. The topological polar surface area (TPSA) is 32.3 Å². The second-order valence-corrected chi connectivity index (χ2v) is 6.18. The summed E-state index contributed by atoms with van der Waals surface area (Å²) in [5.74, 6) is 1.30. The summed E-state index contributed by atoms with van der Waals surface area (Å²) < 4.78 is 0. The van der Waals surface area contributed by atoms with Crippen molar-refractivity contribution in [2.24, 2.45) is 11.8 Å². The van der Waals surface area contributed by atoms with Gasteiger partial charge in [-0.3, -0.25) is 4.79 Å². The maximum atomic E-state index is 12.7. The first kappa shape index (κ1) is 17.5. The molecule has 0 aromatic heterocycles. The van der Waals surface area contributed by atoms with Crippen LogP contribution in [0.4, 0.5) is 0 Å². The third-order valence-electron chi connectivity index (χ3n) is 4.66. The molecule has 1 amide bonds. The van der Waals surface area contributed by atoms with Gasteiger partial charge in [0.05, 0.1) is 0 Å². The fraction of sp³-hybridized carbons (Fsp3) is 0.941. The third-order valence-corrected chi connectivity index (χ3v) is 4.66. The smallest absolute Gasteiger partial charge is 0.225 e. The van der Waals surface area contributed by atoms with Gasteiger partial charge in [0.1, 0.15) is 0 Å². The van der Waals surface area contributed by atoms with Gasteiger partial charge in [0.25, 0.3) is 0 Å². The summed E-state index contributed by atoms with van der Waals surface area (Å²) in [7, 11) is 0. The molecule has 1 saturated heterocycles. The minimum absolute atomic E-state index is 0.262. The van der Waals surface area contributed by atoms with Crippen LogP contribution in [0.3, 0.4) is 0 Å². The maximum absolute atomic E-state index is 12.7. The number of likely N-dealkylation sites (tertiary alicyclic amines) is 1. The van der Waals surface area contributed by atoms with E-state index in [9.17, 15) is 4.79 Å². The van der Waals surface area contributed by atoms with Crippen molar-refractivity contribution < 1.29 is 4.79 Å². The Morgan fingerprint density at radius 1 is 1.20 bits per heavy atom. The zero-order chi connectivity index (χ0) is 15.0. The molecule has 20 heavy (non-hydrogen) atoms. The highest BCUT2D eigenvalue weighted by atomic mass is 16.2. The van der Waals surface area contributed by atoms with E-state index in [0.717, 1.165) is 58.2 Å². The molecule has 0 aromatic carbocycles. The van der Waals surface area contributed by atoms with E-state index in [-0.39, 0.29) is 5.92 Å². The molecule has 1 aliphatic heterocycles. The minimum atomic E-state index is 0.262. The Morgan fingerprint density at radius 3 is 2.35 bits per heavy atom. The molecule has 1 aliphatic rings. The number of carbonyl (C=O) groups is 1. The summed E-state index contributed by atoms with van der Waals surface area (Å²) in [5, 5.41) is 3.59. The lowest BCUT2D eigenvalue weighted by molar-refractivity contribution is -0.138. The number of hydrogen-bond acceptors (Lipinski definition) is 2. The maximum Gasteiger partial charge on any atom is 0.225 e. The molecule has 1 N–H and O–H groups in total. The Bertz CT molecular complexity index is 274. The fourth-order valence-electron chi connectivity index (χ4n) is 3.52. The van der Waals surface area contributed by atoms with Gasteiger partial charge in [-0.1, -0.05) is 47.0 Å². The first-order valence-electron chi connectivity index (χ1n) is 8.69. The largest absolute Gasteiger partial charge is 0.342 e. The minimum Gasteiger partial charge on any atom is -0.342 e. The summed E-state index contributed by atoms with van der Waals surface area (Å²) in [6, 6.07) is 0.602. The van der Waals surface area contributed by atoms with Gasteiger partial charge in [0.2, 0.25) is 5.91 Å². The van der Waals surface area contributed by atoms with Crippen LogP contribution >= 0.6 is 0 Å². The van der Waals surface area contributed by atoms with Crippen LogP contribution in [0.2, 0.25) is 0 Å². The summed E-state index contributed by atoms with van der Waals surface area (Å²) in [5.41, 5.74) is 0. The molecule has 1 rings (SSSR count). The van der Waals surface area contributed by atoms with Gasteiger partial charge in [-0.05, 0) is 31.7 Å². The van der Waals surface area contributed by atoms with Gasteiger partial charge >= 0.3 is 0 Å². The van der Waals surface area contributed by atoms with Crippen LogP contribution in [0.5, 0.6) is 0 Å². The Kier molecular flexibility index (Phi) is 8.20. The van der Waals surface area contributed by atoms with E-state index in [1.807, 2.05) is 0 Å². The van der Waals surface area contributed by atoms with Gasteiger partial charge in [0.15, 0.2) is 0 Å². The second-order valence-electron chi connectivity index (χ2n) is 6.18. The highest BCUT2D eigenvalue weighted by molar-refractivity contribution is 5.79. The van der Waals surface area contributed by atoms with Crippen molar-refractivity contribution in [1.29, 1.82) is 0 Å². The Balaban J connectivity index is 2.60. The average Bonchev–Trinajstić information content (AvgIpc) is 2.47. The predicted molar refractivity (Wildman–Crippen MR) is 85.7 cm³/mol. The zero-order valence-electron chi connectivity index (χ0n) is 14.0. The molecule has 118 valence electrons. The van der Waals surface area contributed by atoms with Gasteiger partial charge in [-0.2, -0.15) is 0 Å². The van der Waals surface area contributed by atoms with E-state index in [1.54, 1.807) is 0 Å². The van der Waals surface area contributed by atoms with Gasteiger partial charge in [-0.25, -0.2) is 0 Å². The fourth-order valence-corrected chi connectivity index (χ4v) is 3.52. The molecule has 0 bridgehead atoms. The molecule has 1 heterocycles. The van der Waals surface area contributed by atoms with E-state index in [2.05, 4.69) is 37.9 Å². The number of rotatable bonds is 8. The normalized spacial score (nSPS) is 23.4. The van der Waals surface area contributed by atoms with Crippen LogP contribution in [0.25, 0.3) is 0 Å². The SMILES string of the molecule is CCCC(CCC)C(=O)N1CCC(NCC)C(CC)C1. The summed E-state index contributed by atoms with van der Waals surface area (Å²) in [6.07, 6.45) is 6.60. The molecule has 0 radical (unpaired) electrons. The Hall–Kier alpha value is -0.570. The number of carbonyl (C=O) groups excluding carboxylic acids is 1. The van der Waals surface area contributed by atoms with Gasteiger partial charge in [-0.15, -0.1) is 0 Å².